The van der Waals surface area contributed by atoms with E-state index in [0.717, 1.165) is 31.2 Å². The number of anilines is 1. The molecule has 4 nitrogen and oxygen atoms in total. The predicted molar refractivity (Wildman–Crippen MR) is 140 cm³/mol. The Bertz CT molecular complexity index is 1380. The lowest BCUT2D eigenvalue weighted by atomic mass is 10.2. The van der Waals surface area contributed by atoms with Crippen LogP contribution in [-0.2, 0) is 11.3 Å². The van der Waals surface area contributed by atoms with Crippen molar-refractivity contribution in [3.8, 4) is 0 Å². The number of carbonyl (C=O) groups excluding carboxylic acids is 1. The van der Waals surface area contributed by atoms with E-state index in [1.54, 1.807) is 18.8 Å². The van der Waals surface area contributed by atoms with Gasteiger partial charge < -0.3 is 9.30 Å². The van der Waals surface area contributed by atoms with Crippen molar-refractivity contribution in [2.75, 3.05) is 11.9 Å². The molecule has 0 bridgehead atoms. The molecule has 1 heterocycles. The van der Waals surface area contributed by atoms with Crippen molar-refractivity contribution in [2.45, 2.75) is 42.7 Å². The Hall–Kier alpha value is -2.84. The zero-order valence-electron chi connectivity index (χ0n) is 19.8. The van der Waals surface area contributed by atoms with Crippen LogP contribution in [0.15, 0.2) is 81.1 Å². The van der Waals surface area contributed by atoms with E-state index in [-0.39, 0.29) is 6.54 Å². The zero-order chi connectivity index (χ0) is 25.3. The molecule has 0 radical (unpaired) electrons. The van der Waals surface area contributed by atoms with Gasteiger partial charge in [-0.3, -0.25) is 4.90 Å². The molecular formula is C27H25BrF2N2O2S. The quantitative estimate of drug-likeness (QED) is 0.247. The third kappa shape index (κ3) is 6.05. The van der Waals surface area contributed by atoms with Gasteiger partial charge in [0.1, 0.15) is 17.2 Å². The lowest BCUT2D eigenvalue weighted by molar-refractivity contribution is 0.0589. The summed E-state index contributed by atoms with van der Waals surface area (Å²) in [5, 5.41) is 0.962. The van der Waals surface area contributed by atoms with Crippen LogP contribution in [0.1, 0.15) is 26.3 Å². The minimum Gasteiger partial charge on any atom is -0.443 e. The average Bonchev–Trinajstić information content (AvgIpc) is 3.09. The normalized spacial score (nSPS) is 11.6. The number of amides is 1. The molecule has 3 aromatic carbocycles. The largest absolute Gasteiger partial charge is 0.443 e. The molecule has 1 aromatic heterocycles. The van der Waals surface area contributed by atoms with E-state index in [2.05, 4.69) is 15.9 Å². The van der Waals surface area contributed by atoms with E-state index in [0.29, 0.717) is 11.3 Å². The second kappa shape index (κ2) is 10.0. The van der Waals surface area contributed by atoms with Crippen molar-refractivity contribution in [3.63, 3.8) is 0 Å². The number of hydrogen-bond acceptors (Lipinski definition) is 3. The van der Waals surface area contributed by atoms with Gasteiger partial charge in [-0.15, -0.1) is 0 Å². The number of hydrogen-bond donors (Lipinski definition) is 0. The summed E-state index contributed by atoms with van der Waals surface area (Å²) in [7, 11) is 1.65. The SMILES string of the molecule is CN(C(=O)OC(C)(C)C)c1ccc2c(Sc3ccccc3Br)cn(Cc3cc(F)cc(F)c3)c2c1. The number of halogens is 3. The smallest absolute Gasteiger partial charge is 0.414 e. The number of rotatable bonds is 5. The van der Waals surface area contributed by atoms with Gasteiger partial charge in [0.2, 0.25) is 0 Å². The molecule has 0 fully saturated rings. The summed E-state index contributed by atoms with van der Waals surface area (Å²) in [6.07, 6.45) is 1.50. The molecule has 0 aliphatic rings. The molecule has 0 N–H and O–H groups in total. The minimum absolute atomic E-state index is 0.265. The van der Waals surface area contributed by atoms with Gasteiger partial charge in [-0.2, -0.15) is 0 Å². The molecule has 0 unspecified atom stereocenters. The highest BCUT2D eigenvalue weighted by Gasteiger charge is 2.22. The molecule has 4 aromatic rings. The highest BCUT2D eigenvalue weighted by Crippen LogP contribution is 2.39. The van der Waals surface area contributed by atoms with Crippen molar-refractivity contribution in [3.05, 3.63) is 88.5 Å². The molecule has 0 aliphatic heterocycles. The van der Waals surface area contributed by atoms with E-state index < -0.39 is 23.3 Å². The van der Waals surface area contributed by atoms with Gasteiger partial charge in [-0.1, -0.05) is 23.9 Å². The van der Waals surface area contributed by atoms with Gasteiger partial charge in [-0.05, 0) is 84.7 Å². The first-order valence-corrected chi connectivity index (χ1v) is 12.6. The molecule has 1 amide bonds. The minimum atomic E-state index is -0.621. The van der Waals surface area contributed by atoms with Crippen LogP contribution in [0, 0.1) is 11.6 Å². The molecule has 0 saturated heterocycles. The molecule has 0 atom stereocenters. The Morgan fingerprint density at radius 1 is 1.03 bits per heavy atom. The molecule has 8 heteroatoms. The predicted octanol–water partition coefficient (Wildman–Crippen LogP) is 8.25. The first-order chi connectivity index (χ1) is 16.5. The summed E-state index contributed by atoms with van der Waals surface area (Å²) in [5.74, 6) is -1.24. The second-order valence-corrected chi connectivity index (χ2v) is 11.1. The molecule has 0 saturated carbocycles. The summed E-state index contributed by atoms with van der Waals surface area (Å²) < 4.78 is 36.1. The van der Waals surface area contributed by atoms with Crippen LogP contribution in [0.4, 0.5) is 19.3 Å². The first-order valence-electron chi connectivity index (χ1n) is 11.0. The Labute approximate surface area is 216 Å². The highest BCUT2D eigenvalue weighted by atomic mass is 79.9. The number of benzene rings is 3. The lowest BCUT2D eigenvalue weighted by Gasteiger charge is -2.24. The van der Waals surface area contributed by atoms with Crippen molar-refractivity contribution < 1.29 is 18.3 Å². The fraction of sp³-hybridized carbons (Fsp3) is 0.222. The number of nitrogens with zero attached hydrogens (tertiary/aromatic N) is 2. The molecule has 4 rings (SSSR count). The maximum atomic E-state index is 13.9. The number of carbonyl (C=O) groups is 1. The van der Waals surface area contributed by atoms with Gasteiger partial charge in [0.05, 0.1) is 5.52 Å². The Morgan fingerprint density at radius 2 is 1.71 bits per heavy atom. The van der Waals surface area contributed by atoms with Crippen LogP contribution in [-0.4, -0.2) is 23.3 Å². The number of fused-ring (bicyclic) bond motifs is 1. The molecule has 0 spiro atoms. The van der Waals surface area contributed by atoms with E-state index in [1.807, 2.05) is 74.0 Å². The van der Waals surface area contributed by atoms with Gasteiger partial charge in [0.25, 0.3) is 0 Å². The highest BCUT2D eigenvalue weighted by molar-refractivity contribution is 9.10. The van der Waals surface area contributed by atoms with Crippen LogP contribution in [0.5, 0.6) is 0 Å². The van der Waals surface area contributed by atoms with Gasteiger partial charge in [0.15, 0.2) is 0 Å². The molecule has 35 heavy (non-hydrogen) atoms. The second-order valence-electron chi connectivity index (χ2n) is 9.17. The number of ether oxygens (including phenoxy) is 1. The van der Waals surface area contributed by atoms with Gasteiger partial charge in [0, 0.05) is 51.2 Å². The van der Waals surface area contributed by atoms with Crippen molar-refractivity contribution >= 4 is 50.4 Å². The molecular weight excluding hydrogens is 534 g/mol. The average molecular weight is 559 g/mol. The van der Waals surface area contributed by atoms with Crippen LogP contribution >= 0.6 is 27.7 Å². The first kappa shape index (κ1) is 25.3. The Morgan fingerprint density at radius 3 is 2.37 bits per heavy atom. The summed E-state index contributed by atoms with van der Waals surface area (Å²) in [6.45, 7) is 5.71. The zero-order valence-corrected chi connectivity index (χ0v) is 22.2. The molecule has 0 aliphatic carbocycles. The summed E-state index contributed by atoms with van der Waals surface area (Å²) in [6, 6.07) is 17.1. The van der Waals surface area contributed by atoms with Crippen molar-refractivity contribution in [1.29, 1.82) is 0 Å². The number of aromatic nitrogens is 1. The van der Waals surface area contributed by atoms with Gasteiger partial charge >= 0.3 is 6.09 Å². The van der Waals surface area contributed by atoms with Gasteiger partial charge in [-0.25, -0.2) is 13.6 Å². The van der Waals surface area contributed by atoms with E-state index >= 15 is 0 Å². The van der Waals surface area contributed by atoms with E-state index in [1.165, 1.54) is 17.0 Å². The topological polar surface area (TPSA) is 34.5 Å². The summed E-state index contributed by atoms with van der Waals surface area (Å²) in [4.78, 5) is 16.1. The maximum absolute atomic E-state index is 13.9. The van der Waals surface area contributed by atoms with E-state index in [4.69, 9.17) is 4.74 Å². The van der Waals surface area contributed by atoms with Crippen molar-refractivity contribution in [1.82, 2.24) is 4.57 Å². The van der Waals surface area contributed by atoms with Crippen molar-refractivity contribution in [2.24, 2.45) is 0 Å². The monoisotopic (exact) mass is 558 g/mol. The van der Waals surface area contributed by atoms with Crippen LogP contribution in [0.3, 0.4) is 0 Å². The van der Waals surface area contributed by atoms with E-state index in [9.17, 15) is 13.6 Å². The van der Waals surface area contributed by atoms with Crippen LogP contribution < -0.4 is 4.90 Å². The fourth-order valence-corrected chi connectivity index (χ4v) is 5.19. The summed E-state index contributed by atoms with van der Waals surface area (Å²) >= 11 is 5.18. The molecule has 182 valence electrons. The third-order valence-electron chi connectivity index (χ3n) is 5.22. The maximum Gasteiger partial charge on any atom is 0.414 e. The Kier molecular flexibility index (Phi) is 7.24. The fourth-order valence-electron chi connectivity index (χ4n) is 3.65. The third-order valence-corrected chi connectivity index (χ3v) is 7.29. The lowest BCUT2D eigenvalue weighted by Crippen LogP contribution is -2.34. The summed E-state index contributed by atoms with van der Waals surface area (Å²) in [5.41, 5.74) is 1.36. The van der Waals surface area contributed by atoms with Crippen LogP contribution in [0.25, 0.3) is 10.9 Å². The Balaban J connectivity index is 1.78. The van der Waals surface area contributed by atoms with Crippen LogP contribution in [0.2, 0.25) is 0 Å². The standard InChI is InChI=1S/C27H25BrF2N2O2S/c1-27(2,3)34-26(33)31(4)20-9-10-21-23(14-20)32(15-17-11-18(29)13-19(30)12-17)16-25(21)35-24-8-6-5-7-22(24)28/h5-14,16H,15H2,1-4H3.